The van der Waals surface area contributed by atoms with Crippen LogP contribution < -0.4 is 0 Å². The van der Waals surface area contributed by atoms with E-state index >= 15 is 0 Å². The van der Waals surface area contributed by atoms with Crippen molar-refractivity contribution in [2.45, 2.75) is 0 Å². The number of fused-ring (bicyclic) bond motifs is 13. The number of hydrogen-bond acceptors (Lipinski definition) is 2. The Hall–Kier alpha value is -7.53. The molecule has 13 rings (SSSR count). The molecule has 4 heteroatoms. The number of aromatic nitrogens is 3. The molecule has 0 aliphatic carbocycles. The van der Waals surface area contributed by atoms with Crippen LogP contribution in [0.1, 0.15) is 0 Å². The maximum Gasteiger partial charge on any atom is 0.0803 e. The molecular formula is C55H33N3S. The van der Waals surface area contributed by atoms with E-state index in [1.165, 1.54) is 79.9 Å². The van der Waals surface area contributed by atoms with Crippen molar-refractivity contribution in [2.24, 2.45) is 0 Å². The van der Waals surface area contributed by atoms with Gasteiger partial charge in [-0.15, -0.1) is 11.3 Å². The van der Waals surface area contributed by atoms with E-state index in [1.807, 2.05) is 11.3 Å². The van der Waals surface area contributed by atoms with Crippen molar-refractivity contribution < 1.29 is 0 Å². The highest BCUT2D eigenvalue weighted by Gasteiger charge is 2.20. The van der Waals surface area contributed by atoms with E-state index in [2.05, 4.69) is 209 Å². The smallest absolute Gasteiger partial charge is 0.0803 e. The summed E-state index contributed by atoms with van der Waals surface area (Å²) in [6.45, 7) is 0. The highest BCUT2D eigenvalue weighted by molar-refractivity contribution is 7.26. The van der Waals surface area contributed by atoms with Crippen molar-refractivity contribution in [3.63, 3.8) is 0 Å². The first kappa shape index (κ1) is 32.5. The predicted octanol–water partition coefficient (Wildman–Crippen LogP) is 15.3. The quantitative estimate of drug-likeness (QED) is 0.164. The zero-order valence-corrected chi connectivity index (χ0v) is 32.6. The summed E-state index contributed by atoms with van der Waals surface area (Å²) in [7, 11) is 0. The molecule has 0 N–H and O–H groups in total. The molecule has 274 valence electrons. The minimum absolute atomic E-state index is 1.03. The molecule has 0 saturated carbocycles. The van der Waals surface area contributed by atoms with E-state index in [0.29, 0.717) is 0 Å². The zero-order chi connectivity index (χ0) is 38.6. The van der Waals surface area contributed by atoms with E-state index in [9.17, 15) is 0 Å². The molecule has 0 amide bonds. The number of pyridine rings is 1. The lowest BCUT2D eigenvalue weighted by Crippen LogP contribution is -2.00. The van der Waals surface area contributed by atoms with Crippen LogP contribution >= 0.6 is 11.3 Å². The molecular weight excluding hydrogens is 735 g/mol. The van der Waals surface area contributed by atoms with Crippen molar-refractivity contribution >= 4 is 96.8 Å². The van der Waals surface area contributed by atoms with Crippen molar-refractivity contribution in [3.8, 4) is 33.8 Å². The number of hydrogen-bond donors (Lipinski definition) is 0. The molecule has 4 heterocycles. The molecule has 0 spiro atoms. The lowest BCUT2D eigenvalue weighted by Gasteiger charge is -2.16. The minimum atomic E-state index is 1.03. The third-order valence-corrected chi connectivity index (χ3v) is 13.5. The molecule has 0 aliphatic heterocycles. The van der Waals surface area contributed by atoms with Gasteiger partial charge < -0.3 is 9.13 Å². The second-order valence-electron chi connectivity index (χ2n) is 15.5. The van der Waals surface area contributed by atoms with Crippen LogP contribution in [0.3, 0.4) is 0 Å². The summed E-state index contributed by atoms with van der Waals surface area (Å²) in [5, 5.41) is 11.1. The van der Waals surface area contributed by atoms with Crippen LogP contribution in [0.5, 0.6) is 0 Å². The van der Waals surface area contributed by atoms with Crippen molar-refractivity contribution in [1.82, 2.24) is 14.1 Å². The topological polar surface area (TPSA) is 22.8 Å². The Morgan fingerprint density at radius 2 is 0.831 bits per heavy atom. The van der Waals surface area contributed by atoms with Crippen LogP contribution in [0.4, 0.5) is 0 Å². The molecule has 0 radical (unpaired) electrons. The Bertz CT molecular complexity index is 3610. The molecule has 0 fully saturated rings. The van der Waals surface area contributed by atoms with Crippen LogP contribution in [0.15, 0.2) is 200 Å². The van der Waals surface area contributed by atoms with Gasteiger partial charge in [0.05, 0.1) is 33.3 Å². The Morgan fingerprint density at radius 3 is 1.41 bits per heavy atom. The van der Waals surface area contributed by atoms with Crippen LogP contribution in [-0.2, 0) is 0 Å². The monoisotopic (exact) mass is 767 g/mol. The Morgan fingerprint density at radius 1 is 0.356 bits per heavy atom. The first-order valence-electron chi connectivity index (χ1n) is 20.1. The van der Waals surface area contributed by atoms with E-state index in [-0.39, 0.29) is 0 Å². The van der Waals surface area contributed by atoms with Gasteiger partial charge in [-0.05, 0) is 65.0 Å². The largest absolute Gasteiger partial charge is 0.309 e. The summed E-state index contributed by atoms with van der Waals surface area (Å²) in [6.07, 6.45) is 0. The molecule has 0 aliphatic rings. The van der Waals surface area contributed by atoms with E-state index in [4.69, 9.17) is 4.98 Å². The van der Waals surface area contributed by atoms with Gasteiger partial charge in [-0.2, -0.15) is 0 Å². The average molecular weight is 768 g/mol. The summed E-state index contributed by atoms with van der Waals surface area (Å²) in [5.74, 6) is 0. The van der Waals surface area contributed by atoms with Gasteiger partial charge in [0, 0.05) is 69.4 Å². The maximum absolute atomic E-state index is 5.54. The van der Waals surface area contributed by atoms with Crippen LogP contribution in [0.2, 0.25) is 0 Å². The first-order chi connectivity index (χ1) is 29.3. The van der Waals surface area contributed by atoms with Crippen LogP contribution in [0, 0.1) is 0 Å². The van der Waals surface area contributed by atoms with Crippen molar-refractivity contribution in [1.29, 1.82) is 0 Å². The fourth-order valence-electron chi connectivity index (χ4n) is 9.65. The van der Waals surface area contributed by atoms with E-state index in [0.717, 1.165) is 39.3 Å². The summed E-state index contributed by atoms with van der Waals surface area (Å²) in [6, 6.07) is 73.1. The third kappa shape index (κ3) is 4.78. The molecule has 3 nitrogen and oxygen atoms in total. The number of benzene rings is 9. The minimum Gasteiger partial charge on any atom is -0.309 e. The van der Waals surface area contributed by atoms with Crippen LogP contribution in [-0.4, -0.2) is 14.1 Å². The standard InChI is InChI=1S/C55H33N3S/c1-2-14-40-35(13-1)29-30-46-54(40)56-53(52-45-19-7-12-24-51(45)59-55(46)52)36-27-25-34(26-28-36)37-31-38(57-47-20-8-3-15-41(47)42-16-4-9-21-48(42)57)33-39(32-37)58-49-22-10-5-17-43(49)44-18-6-11-23-50(44)58/h1-33H. The summed E-state index contributed by atoms with van der Waals surface area (Å²) in [5.41, 5.74) is 12.5. The number of nitrogens with zero attached hydrogens (tertiary/aromatic N) is 3. The van der Waals surface area contributed by atoms with E-state index < -0.39 is 0 Å². The second kappa shape index (κ2) is 12.5. The van der Waals surface area contributed by atoms with Crippen LogP contribution in [0.25, 0.3) is 119 Å². The van der Waals surface area contributed by atoms with Gasteiger partial charge >= 0.3 is 0 Å². The molecule has 0 bridgehead atoms. The highest BCUT2D eigenvalue weighted by Crippen LogP contribution is 2.45. The van der Waals surface area contributed by atoms with Crippen molar-refractivity contribution in [3.05, 3.63) is 200 Å². The summed E-state index contributed by atoms with van der Waals surface area (Å²) < 4.78 is 7.43. The van der Waals surface area contributed by atoms with E-state index in [1.54, 1.807) is 0 Å². The maximum atomic E-state index is 5.54. The van der Waals surface area contributed by atoms with Gasteiger partial charge in [0.2, 0.25) is 0 Å². The predicted molar refractivity (Wildman–Crippen MR) is 252 cm³/mol. The molecule has 0 saturated heterocycles. The number of rotatable bonds is 4. The van der Waals surface area contributed by atoms with Crippen molar-refractivity contribution in [2.75, 3.05) is 0 Å². The molecule has 13 aromatic rings. The summed E-state index contributed by atoms with van der Waals surface area (Å²) >= 11 is 1.87. The van der Waals surface area contributed by atoms with Gasteiger partial charge in [0.25, 0.3) is 0 Å². The fourth-order valence-corrected chi connectivity index (χ4v) is 10.9. The second-order valence-corrected chi connectivity index (χ2v) is 16.6. The van der Waals surface area contributed by atoms with Gasteiger partial charge in [-0.3, -0.25) is 0 Å². The van der Waals surface area contributed by atoms with Gasteiger partial charge in [0.1, 0.15) is 0 Å². The Balaban J connectivity index is 1.06. The third-order valence-electron chi connectivity index (χ3n) is 12.3. The molecule has 0 unspecified atom stereocenters. The van der Waals surface area contributed by atoms with Gasteiger partial charge in [0.15, 0.2) is 0 Å². The molecule has 0 atom stereocenters. The molecule has 9 aromatic carbocycles. The highest BCUT2D eigenvalue weighted by atomic mass is 32.1. The lowest BCUT2D eigenvalue weighted by atomic mass is 9.97. The number of thiophene rings is 1. The summed E-state index contributed by atoms with van der Waals surface area (Å²) in [4.78, 5) is 5.54. The Kier molecular flexibility index (Phi) is 6.89. The van der Waals surface area contributed by atoms with Gasteiger partial charge in [-0.1, -0.05) is 152 Å². The average Bonchev–Trinajstić information content (AvgIpc) is 3.97. The number of para-hydroxylation sites is 4. The molecule has 4 aromatic heterocycles. The Labute approximate surface area is 343 Å². The normalized spacial score (nSPS) is 12.1. The van der Waals surface area contributed by atoms with Gasteiger partial charge in [-0.25, -0.2) is 4.98 Å². The SMILES string of the molecule is c1ccc2c(c1)ccc1c2nc(-c2ccc(-c3cc(-n4c5ccccc5c5ccccc54)cc(-n4c5ccccc5c5ccccc54)c3)cc2)c2c3ccccc3sc12. The molecule has 59 heavy (non-hydrogen) atoms. The fraction of sp³-hybridized carbons (Fsp3) is 0. The zero-order valence-electron chi connectivity index (χ0n) is 31.8. The first-order valence-corrected chi connectivity index (χ1v) is 20.9. The lowest BCUT2D eigenvalue weighted by molar-refractivity contribution is 1.13.